The molecule has 1 aliphatic rings. The SMILES string of the molecule is COCCN(CCC(=O)O)Cc1ccc2c(c1)OCO2. The van der Waals surface area contributed by atoms with Crippen molar-refractivity contribution in [2.75, 3.05) is 33.6 Å². The standard InChI is InChI=1S/C14H19NO5/c1-18-7-6-15(5-4-14(16)17)9-11-2-3-12-13(8-11)20-10-19-12/h2-3,8H,4-7,9-10H2,1H3,(H,16,17). The Bertz CT molecular complexity index is 463. The number of fused-ring (bicyclic) bond motifs is 1. The lowest BCUT2D eigenvalue weighted by Crippen LogP contribution is -2.29. The highest BCUT2D eigenvalue weighted by atomic mass is 16.7. The number of aliphatic carboxylic acids is 1. The van der Waals surface area contributed by atoms with E-state index >= 15 is 0 Å². The lowest BCUT2D eigenvalue weighted by molar-refractivity contribution is -0.137. The quantitative estimate of drug-likeness (QED) is 0.775. The molecule has 1 aliphatic heterocycles. The summed E-state index contributed by atoms with van der Waals surface area (Å²) in [5.41, 5.74) is 1.07. The molecule has 0 radical (unpaired) electrons. The van der Waals surface area contributed by atoms with Gasteiger partial charge in [-0.1, -0.05) is 6.07 Å². The zero-order valence-corrected chi connectivity index (χ0v) is 11.5. The molecular formula is C14H19NO5. The van der Waals surface area contributed by atoms with E-state index in [-0.39, 0.29) is 13.2 Å². The molecule has 110 valence electrons. The normalized spacial score (nSPS) is 12.9. The summed E-state index contributed by atoms with van der Waals surface area (Å²) >= 11 is 0. The van der Waals surface area contributed by atoms with Crippen LogP contribution in [-0.2, 0) is 16.1 Å². The third kappa shape index (κ3) is 4.11. The minimum Gasteiger partial charge on any atom is -0.481 e. The van der Waals surface area contributed by atoms with E-state index in [1.807, 2.05) is 18.2 Å². The molecule has 6 heteroatoms. The maximum Gasteiger partial charge on any atom is 0.304 e. The Morgan fingerprint density at radius 3 is 2.90 bits per heavy atom. The molecule has 0 saturated heterocycles. The molecular weight excluding hydrogens is 262 g/mol. The van der Waals surface area contributed by atoms with Crippen LogP contribution in [0.4, 0.5) is 0 Å². The van der Waals surface area contributed by atoms with Crippen molar-refractivity contribution in [3.05, 3.63) is 23.8 Å². The third-order valence-electron chi connectivity index (χ3n) is 3.10. The van der Waals surface area contributed by atoms with Gasteiger partial charge in [-0.05, 0) is 17.7 Å². The number of nitrogens with zero attached hydrogens (tertiary/aromatic N) is 1. The smallest absolute Gasteiger partial charge is 0.304 e. The van der Waals surface area contributed by atoms with Gasteiger partial charge < -0.3 is 19.3 Å². The molecule has 0 fully saturated rings. The highest BCUT2D eigenvalue weighted by Gasteiger charge is 2.15. The molecule has 0 bridgehead atoms. The Morgan fingerprint density at radius 2 is 2.15 bits per heavy atom. The molecule has 0 spiro atoms. The van der Waals surface area contributed by atoms with E-state index in [2.05, 4.69) is 4.90 Å². The van der Waals surface area contributed by atoms with Crippen molar-refractivity contribution in [3.8, 4) is 11.5 Å². The second-order valence-corrected chi connectivity index (χ2v) is 4.60. The first-order chi connectivity index (χ1) is 9.69. The van der Waals surface area contributed by atoms with E-state index in [0.717, 1.165) is 17.1 Å². The van der Waals surface area contributed by atoms with Crippen molar-refractivity contribution < 1.29 is 24.1 Å². The number of carboxylic acids is 1. The van der Waals surface area contributed by atoms with Gasteiger partial charge in [-0.2, -0.15) is 0 Å². The van der Waals surface area contributed by atoms with Crippen molar-refractivity contribution in [3.63, 3.8) is 0 Å². The lowest BCUT2D eigenvalue weighted by atomic mass is 10.2. The van der Waals surface area contributed by atoms with Crippen molar-refractivity contribution in [1.82, 2.24) is 4.90 Å². The van der Waals surface area contributed by atoms with Gasteiger partial charge in [-0.25, -0.2) is 0 Å². The van der Waals surface area contributed by atoms with E-state index in [1.54, 1.807) is 7.11 Å². The summed E-state index contributed by atoms with van der Waals surface area (Å²) in [6.45, 7) is 2.67. The predicted octanol–water partition coefficient (Wildman–Crippen LogP) is 1.34. The molecule has 1 heterocycles. The molecule has 0 unspecified atom stereocenters. The van der Waals surface area contributed by atoms with E-state index in [4.69, 9.17) is 19.3 Å². The first-order valence-corrected chi connectivity index (χ1v) is 6.50. The summed E-state index contributed by atoms with van der Waals surface area (Å²) in [6.07, 6.45) is 0.119. The van der Waals surface area contributed by atoms with Gasteiger partial charge >= 0.3 is 5.97 Å². The number of hydrogen-bond donors (Lipinski definition) is 1. The van der Waals surface area contributed by atoms with Crippen LogP contribution in [-0.4, -0.2) is 49.6 Å². The predicted molar refractivity (Wildman–Crippen MR) is 72.0 cm³/mol. The fourth-order valence-electron chi connectivity index (χ4n) is 2.04. The van der Waals surface area contributed by atoms with Gasteiger partial charge in [0.15, 0.2) is 11.5 Å². The van der Waals surface area contributed by atoms with Gasteiger partial charge in [0.2, 0.25) is 6.79 Å². The summed E-state index contributed by atoms with van der Waals surface area (Å²) in [7, 11) is 1.63. The minimum atomic E-state index is -0.793. The van der Waals surface area contributed by atoms with Crippen LogP contribution in [0, 0.1) is 0 Å². The minimum absolute atomic E-state index is 0.119. The number of rotatable bonds is 8. The van der Waals surface area contributed by atoms with Crippen LogP contribution in [0.25, 0.3) is 0 Å². The lowest BCUT2D eigenvalue weighted by Gasteiger charge is -2.21. The van der Waals surface area contributed by atoms with Gasteiger partial charge in [0.05, 0.1) is 13.0 Å². The van der Waals surface area contributed by atoms with E-state index < -0.39 is 5.97 Å². The molecule has 1 N–H and O–H groups in total. The summed E-state index contributed by atoms with van der Waals surface area (Å²) in [4.78, 5) is 12.7. The molecule has 1 aromatic carbocycles. The van der Waals surface area contributed by atoms with E-state index in [9.17, 15) is 4.79 Å². The number of carbonyl (C=O) groups is 1. The van der Waals surface area contributed by atoms with Gasteiger partial charge in [-0.3, -0.25) is 9.69 Å². The molecule has 0 aliphatic carbocycles. The summed E-state index contributed by atoms with van der Waals surface area (Å²) in [5.74, 6) is 0.702. The van der Waals surface area contributed by atoms with Crippen LogP contribution in [0.2, 0.25) is 0 Å². The molecule has 1 aromatic rings. The summed E-state index contributed by atoms with van der Waals surface area (Å²) < 4.78 is 15.7. The van der Waals surface area contributed by atoms with E-state index in [0.29, 0.717) is 26.2 Å². The molecule has 0 atom stereocenters. The monoisotopic (exact) mass is 281 g/mol. The Labute approximate surface area is 117 Å². The Hall–Kier alpha value is -1.79. The number of carboxylic acid groups (broad SMARTS) is 1. The average Bonchev–Trinajstić information content (AvgIpc) is 2.89. The van der Waals surface area contributed by atoms with Crippen LogP contribution in [0.5, 0.6) is 11.5 Å². The maximum absolute atomic E-state index is 10.7. The van der Waals surface area contributed by atoms with Gasteiger partial charge in [0, 0.05) is 26.7 Å². The fraction of sp³-hybridized carbons (Fsp3) is 0.500. The van der Waals surface area contributed by atoms with Gasteiger partial charge in [-0.15, -0.1) is 0 Å². The fourth-order valence-corrected chi connectivity index (χ4v) is 2.04. The molecule has 2 rings (SSSR count). The van der Waals surface area contributed by atoms with Crippen LogP contribution in [0.1, 0.15) is 12.0 Å². The number of ether oxygens (including phenoxy) is 3. The molecule has 6 nitrogen and oxygen atoms in total. The number of hydrogen-bond acceptors (Lipinski definition) is 5. The highest BCUT2D eigenvalue weighted by molar-refractivity contribution is 5.66. The van der Waals surface area contributed by atoms with Crippen LogP contribution in [0.15, 0.2) is 18.2 Å². The van der Waals surface area contributed by atoms with E-state index in [1.165, 1.54) is 0 Å². The van der Waals surface area contributed by atoms with Crippen LogP contribution in [0.3, 0.4) is 0 Å². The van der Waals surface area contributed by atoms with Crippen molar-refractivity contribution in [1.29, 1.82) is 0 Å². The van der Waals surface area contributed by atoms with Crippen LogP contribution >= 0.6 is 0 Å². The summed E-state index contributed by atoms with van der Waals surface area (Å²) in [6, 6.07) is 5.78. The average molecular weight is 281 g/mol. The maximum atomic E-state index is 10.7. The molecule has 20 heavy (non-hydrogen) atoms. The van der Waals surface area contributed by atoms with Gasteiger partial charge in [0.1, 0.15) is 0 Å². The first-order valence-electron chi connectivity index (χ1n) is 6.50. The topological polar surface area (TPSA) is 68.2 Å². The zero-order chi connectivity index (χ0) is 14.4. The Morgan fingerprint density at radius 1 is 1.35 bits per heavy atom. The largest absolute Gasteiger partial charge is 0.481 e. The highest BCUT2D eigenvalue weighted by Crippen LogP contribution is 2.32. The molecule has 0 aromatic heterocycles. The van der Waals surface area contributed by atoms with Crippen molar-refractivity contribution in [2.24, 2.45) is 0 Å². The summed E-state index contributed by atoms with van der Waals surface area (Å²) in [5, 5.41) is 8.79. The van der Waals surface area contributed by atoms with Crippen molar-refractivity contribution in [2.45, 2.75) is 13.0 Å². The third-order valence-corrected chi connectivity index (χ3v) is 3.10. The first kappa shape index (κ1) is 14.6. The second-order valence-electron chi connectivity index (χ2n) is 4.60. The van der Waals surface area contributed by atoms with Crippen molar-refractivity contribution >= 4 is 5.97 Å². The number of benzene rings is 1. The van der Waals surface area contributed by atoms with Crippen LogP contribution < -0.4 is 9.47 Å². The Balaban J connectivity index is 1.96. The Kier molecular flexibility index (Phi) is 5.20. The zero-order valence-electron chi connectivity index (χ0n) is 11.5. The number of methoxy groups -OCH3 is 1. The van der Waals surface area contributed by atoms with Gasteiger partial charge in [0.25, 0.3) is 0 Å². The molecule has 0 amide bonds. The second kappa shape index (κ2) is 7.12. The molecule has 0 saturated carbocycles.